The lowest BCUT2D eigenvalue weighted by Crippen LogP contribution is -2.42. The van der Waals surface area contributed by atoms with Crippen LogP contribution in [0.2, 0.25) is 0 Å². The highest BCUT2D eigenvalue weighted by atomic mass is 32.1. The van der Waals surface area contributed by atoms with Gasteiger partial charge >= 0.3 is 0 Å². The van der Waals surface area contributed by atoms with E-state index in [2.05, 4.69) is 63.9 Å². The van der Waals surface area contributed by atoms with Crippen LogP contribution in [0.25, 0.3) is 0 Å². The largest absolute Gasteiger partial charge is 0.318 e. The van der Waals surface area contributed by atoms with Gasteiger partial charge in [-0.25, -0.2) is 0 Å². The smallest absolute Gasteiger partial charge is 0.241 e. The zero-order chi connectivity index (χ0) is 15.7. The van der Waals surface area contributed by atoms with Crippen LogP contribution in [0.15, 0.2) is 12.1 Å². The Labute approximate surface area is 132 Å². The summed E-state index contributed by atoms with van der Waals surface area (Å²) in [6, 6.07) is 4.49. The molecule has 0 saturated carbocycles. The number of aryl methyl sites for hydroxylation is 1. The van der Waals surface area contributed by atoms with Gasteiger partial charge in [0.25, 0.3) is 0 Å². The van der Waals surface area contributed by atoms with E-state index >= 15 is 0 Å². The SMILES string of the molecule is CCC(C)C(C)N1C(=O)C(C(C)C)NC1c1ccc(C)s1. The highest BCUT2D eigenvalue weighted by Crippen LogP contribution is 2.35. The molecule has 2 rings (SSSR count). The van der Waals surface area contributed by atoms with Crippen molar-refractivity contribution in [2.45, 2.75) is 66.2 Å². The van der Waals surface area contributed by atoms with Crippen molar-refractivity contribution in [3.05, 3.63) is 21.9 Å². The predicted molar refractivity (Wildman–Crippen MR) is 89.3 cm³/mol. The molecule has 1 aliphatic heterocycles. The van der Waals surface area contributed by atoms with E-state index in [-0.39, 0.29) is 24.2 Å². The summed E-state index contributed by atoms with van der Waals surface area (Å²) in [6.07, 6.45) is 1.13. The highest BCUT2D eigenvalue weighted by Gasteiger charge is 2.44. The van der Waals surface area contributed by atoms with Crippen molar-refractivity contribution in [3.63, 3.8) is 0 Å². The van der Waals surface area contributed by atoms with Crippen LogP contribution in [0, 0.1) is 18.8 Å². The van der Waals surface area contributed by atoms with Crippen molar-refractivity contribution >= 4 is 17.2 Å². The lowest BCUT2D eigenvalue weighted by Gasteiger charge is -2.33. The average molecular weight is 308 g/mol. The van der Waals surface area contributed by atoms with Gasteiger partial charge in [-0.3, -0.25) is 10.1 Å². The molecule has 2 heterocycles. The van der Waals surface area contributed by atoms with Gasteiger partial charge in [-0.05, 0) is 37.8 Å². The normalized spacial score (nSPS) is 25.7. The van der Waals surface area contributed by atoms with Gasteiger partial charge < -0.3 is 4.90 Å². The number of hydrogen-bond donors (Lipinski definition) is 1. The van der Waals surface area contributed by atoms with Crippen LogP contribution in [0.3, 0.4) is 0 Å². The van der Waals surface area contributed by atoms with Crippen LogP contribution in [-0.2, 0) is 4.79 Å². The summed E-state index contributed by atoms with van der Waals surface area (Å²) < 4.78 is 0. The summed E-state index contributed by atoms with van der Waals surface area (Å²) in [7, 11) is 0. The first-order valence-electron chi connectivity index (χ1n) is 8.01. The van der Waals surface area contributed by atoms with E-state index in [9.17, 15) is 4.79 Å². The molecule has 0 radical (unpaired) electrons. The maximum absolute atomic E-state index is 12.9. The molecule has 4 unspecified atom stereocenters. The molecule has 1 aromatic heterocycles. The van der Waals surface area contributed by atoms with Crippen LogP contribution < -0.4 is 5.32 Å². The van der Waals surface area contributed by atoms with Crippen LogP contribution in [0.1, 0.15) is 57.0 Å². The minimum Gasteiger partial charge on any atom is -0.318 e. The van der Waals surface area contributed by atoms with Crippen LogP contribution in [0.4, 0.5) is 0 Å². The Hall–Kier alpha value is -0.870. The second-order valence-electron chi connectivity index (χ2n) is 6.61. The zero-order valence-corrected chi connectivity index (χ0v) is 14.8. The molecule has 1 aromatic rings. The molecular formula is C17H28N2OS. The minimum absolute atomic E-state index is 0.0348. The molecule has 1 aliphatic rings. The monoisotopic (exact) mass is 308 g/mol. The second kappa shape index (κ2) is 6.49. The van der Waals surface area contributed by atoms with E-state index in [1.807, 2.05) is 0 Å². The van der Waals surface area contributed by atoms with E-state index in [4.69, 9.17) is 0 Å². The van der Waals surface area contributed by atoms with Gasteiger partial charge in [0.2, 0.25) is 5.91 Å². The second-order valence-corrected chi connectivity index (χ2v) is 7.93. The van der Waals surface area contributed by atoms with Crippen molar-refractivity contribution in [2.24, 2.45) is 11.8 Å². The Bertz CT molecular complexity index is 497. The molecule has 3 nitrogen and oxygen atoms in total. The predicted octanol–water partition coefficient (Wildman–Crippen LogP) is 3.95. The number of hydrogen-bond acceptors (Lipinski definition) is 3. The van der Waals surface area contributed by atoms with E-state index in [1.165, 1.54) is 9.75 Å². The zero-order valence-electron chi connectivity index (χ0n) is 14.0. The number of nitrogens with one attached hydrogen (secondary N) is 1. The minimum atomic E-state index is -0.0658. The topological polar surface area (TPSA) is 32.3 Å². The first-order valence-corrected chi connectivity index (χ1v) is 8.83. The van der Waals surface area contributed by atoms with E-state index < -0.39 is 0 Å². The molecule has 0 aromatic carbocycles. The van der Waals surface area contributed by atoms with Crippen LogP contribution in [-0.4, -0.2) is 22.9 Å². The molecule has 1 N–H and O–H groups in total. The lowest BCUT2D eigenvalue weighted by atomic mass is 9.98. The molecule has 1 amide bonds. The van der Waals surface area contributed by atoms with Crippen molar-refractivity contribution in [1.29, 1.82) is 0 Å². The summed E-state index contributed by atoms with van der Waals surface area (Å²) in [4.78, 5) is 17.5. The van der Waals surface area contributed by atoms with E-state index in [1.54, 1.807) is 11.3 Å². The van der Waals surface area contributed by atoms with Gasteiger partial charge in [0.1, 0.15) is 6.17 Å². The Balaban J connectivity index is 2.33. The summed E-state index contributed by atoms with van der Waals surface area (Å²) in [5.41, 5.74) is 0. The number of thiophene rings is 1. The number of nitrogens with zero attached hydrogens (tertiary/aromatic N) is 1. The number of carbonyl (C=O) groups excluding carboxylic acids is 1. The fourth-order valence-corrected chi connectivity index (χ4v) is 3.90. The number of rotatable bonds is 5. The van der Waals surface area contributed by atoms with Gasteiger partial charge in [-0.1, -0.05) is 34.1 Å². The molecule has 1 fully saturated rings. The molecular weight excluding hydrogens is 280 g/mol. The highest BCUT2D eigenvalue weighted by molar-refractivity contribution is 7.12. The molecule has 0 bridgehead atoms. The molecule has 0 spiro atoms. The van der Waals surface area contributed by atoms with Crippen LogP contribution in [0.5, 0.6) is 0 Å². The Morgan fingerprint density at radius 2 is 1.95 bits per heavy atom. The first kappa shape index (κ1) is 16.5. The molecule has 118 valence electrons. The van der Waals surface area contributed by atoms with Crippen LogP contribution >= 0.6 is 11.3 Å². The first-order chi connectivity index (χ1) is 9.86. The third-order valence-electron chi connectivity index (χ3n) is 4.74. The Kier molecular flexibility index (Phi) is 5.10. The summed E-state index contributed by atoms with van der Waals surface area (Å²) in [5.74, 6) is 1.08. The van der Waals surface area contributed by atoms with Gasteiger partial charge in [-0.15, -0.1) is 11.3 Å². The molecule has 21 heavy (non-hydrogen) atoms. The van der Waals surface area contributed by atoms with Gasteiger partial charge in [0.05, 0.1) is 6.04 Å². The van der Waals surface area contributed by atoms with Gasteiger partial charge in [0, 0.05) is 15.8 Å². The average Bonchev–Trinajstić information content (AvgIpc) is 3.00. The standard InChI is InChI=1S/C17H28N2OS/c1-7-11(4)13(6)19-16(14-9-8-12(5)21-14)18-15(10(2)3)17(19)20/h8-11,13,15-16,18H,7H2,1-6H3. The third kappa shape index (κ3) is 3.16. The third-order valence-corrected chi connectivity index (χ3v) is 5.79. The summed E-state index contributed by atoms with van der Waals surface area (Å²) in [6.45, 7) is 13.0. The molecule has 0 aliphatic carbocycles. The van der Waals surface area contributed by atoms with Crippen molar-refractivity contribution in [3.8, 4) is 0 Å². The fraction of sp³-hybridized carbons (Fsp3) is 0.706. The van der Waals surface area contributed by atoms with Gasteiger partial charge in [0.15, 0.2) is 0 Å². The molecule has 4 atom stereocenters. The Morgan fingerprint density at radius 1 is 1.29 bits per heavy atom. The molecule has 4 heteroatoms. The fourth-order valence-electron chi connectivity index (χ4n) is 2.96. The number of amides is 1. The summed E-state index contributed by atoms with van der Waals surface area (Å²) in [5, 5.41) is 3.57. The molecule has 1 saturated heterocycles. The van der Waals surface area contributed by atoms with E-state index in [0.717, 1.165) is 6.42 Å². The van der Waals surface area contributed by atoms with Crippen molar-refractivity contribution in [1.82, 2.24) is 10.2 Å². The lowest BCUT2D eigenvalue weighted by molar-refractivity contribution is -0.133. The van der Waals surface area contributed by atoms with Crippen molar-refractivity contribution in [2.75, 3.05) is 0 Å². The van der Waals surface area contributed by atoms with Gasteiger partial charge in [-0.2, -0.15) is 0 Å². The maximum atomic E-state index is 12.9. The maximum Gasteiger partial charge on any atom is 0.241 e. The Morgan fingerprint density at radius 3 is 2.43 bits per heavy atom. The van der Waals surface area contributed by atoms with E-state index in [0.29, 0.717) is 11.8 Å². The quantitative estimate of drug-likeness (QED) is 0.893. The number of carbonyl (C=O) groups is 1. The van der Waals surface area contributed by atoms with Crippen molar-refractivity contribution < 1.29 is 4.79 Å². The summed E-state index contributed by atoms with van der Waals surface area (Å²) >= 11 is 1.78.